The quantitative estimate of drug-likeness (QED) is 0.0533. The van der Waals surface area contributed by atoms with Crippen LogP contribution < -0.4 is 38.9 Å². The van der Waals surface area contributed by atoms with Crippen molar-refractivity contribution in [2.24, 2.45) is 33.8 Å². The van der Waals surface area contributed by atoms with E-state index in [2.05, 4.69) is 20.9 Å². The van der Waals surface area contributed by atoms with Gasteiger partial charge in [-0.3, -0.25) is 24.2 Å². The minimum Gasteiger partial charge on any atom is -0.508 e. The molecule has 0 saturated heterocycles. The first-order valence-corrected chi connectivity index (χ1v) is 13.2. The van der Waals surface area contributed by atoms with Gasteiger partial charge in [0.2, 0.25) is 23.6 Å². The van der Waals surface area contributed by atoms with E-state index >= 15 is 0 Å². The van der Waals surface area contributed by atoms with Gasteiger partial charge in [-0.2, -0.15) is 0 Å². The molecule has 0 aliphatic rings. The van der Waals surface area contributed by atoms with Gasteiger partial charge < -0.3 is 49.1 Å². The minimum atomic E-state index is -1.36. The normalized spacial score (nSPS) is 13.8. The smallest absolute Gasteiger partial charge is 0.326 e. The zero-order valence-electron chi connectivity index (χ0n) is 23.3. The van der Waals surface area contributed by atoms with Crippen molar-refractivity contribution in [1.82, 2.24) is 16.0 Å². The summed E-state index contributed by atoms with van der Waals surface area (Å²) in [5, 5.41) is 26.6. The maximum absolute atomic E-state index is 13.2. The monoisotopic (exact) mass is 578 g/mol. The molecule has 15 nitrogen and oxygen atoms in total. The second-order valence-corrected chi connectivity index (χ2v) is 10.1. The van der Waals surface area contributed by atoms with Crippen LogP contribution in [-0.2, 0) is 30.4 Å². The molecule has 1 aromatic carbocycles. The Hall–Kier alpha value is -4.40. The largest absolute Gasteiger partial charge is 0.508 e. The molecular weight excluding hydrogens is 536 g/mol. The van der Waals surface area contributed by atoms with E-state index < -0.39 is 53.8 Å². The van der Waals surface area contributed by atoms with Crippen molar-refractivity contribution in [3.05, 3.63) is 29.8 Å². The SMILES string of the molecule is CC(C)CC(N)C(=O)NC(CCC(N)=O)C(=O)NC(CCCN=C(N)N)C(=O)NC(Cc1ccc(O)cc1)C(=O)O. The number of nitrogens with zero attached hydrogens (tertiary/aromatic N) is 1. The number of phenolic OH excluding ortho intramolecular Hbond substituents is 1. The van der Waals surface area contributed by atoms with Gasteiger partial charge in [-0.05, 0) is 49.3 Å². The van der Waals surface area contributed by atoms with E-state index in [1.807, 2.05) is 13.8 Å². The van der Waals surface area contributed by atoms with E-state index in [0.29, 0.717) is 12.0 Å². The maximum atomic E-state index is 13.2. The number of carbonyl (C=O) groups is 5. The molecule has 15 heteroatoms. The lowest BCUT2D eigenvalue weighted by Crippen LogP contribution is -2.57. The lowest BCUT2D eigenvalue weighted by atomic mass is 10.0. The number of aliphatic imine (C=N–C) groups is 1. The summed E-state index contributed by atoms with van der Waals surface area (Å²) in [6.45, 7) is 3.88. The fourth-order valence-corrected chi connectivity index (χ4v) is 3.83. The van der Waals surface area contributed by atoms with Crippen LogP contribution in [0.3, 0.4) is 0 Å². The van der Waals surface area contributed by atoms with E-state index in [4.69, 9.17) is 22.9 Å². The summed E-state index contributed by atoms with van der Waals surface area (Å²) in [6.07, 6.45) is 0.131. The molecule has 41 heavy (non-hydrogen) atoms. The molecule has 1 rings (SSSR count). The maximum Gasteiger partial charge on any atom is 0.326 e. The Labute approximate surface area is 238 Å². The molecule has 0 radical (unpaired) electrons. The van der Waals surface area contributed by atoms with Crippen LogP contribution in [0.4, 0.5) is 0 Å². The highest BCUT2D eigenvalue weighted by atomic mass is 16.4. The molecule has 4 atom stereocenters. The highest BCUT2D eigenvalue weighted by Gasteiger charge is 2.30. The summed E-state index contributed by atoms with van der Waals surface area (Å²) in [6, 6.07) is 1.05. The molecule has 0 spiro atoms. The Kier molecular flexibility index (Phi) is 14.6. The fraction of sp³-hybridized carbons (Fsp3) is 0.538. The summed E-state index contributed by atoms with van der Waals surface area (Å²) in [5.74, 6) is -4.28. The number of hydrogen-bond acceptors (Lipinski definition) is 8. The van der Waals surface area contributed by atoms with Crippen LogP contribution in [0.2, 0.25) is 0 Å². The van der Waals surface area contributed by atoms with E-state index in [1.54, 1.807) is 0 Å². The predicted molar refractivity (Wildman–Crippen MR) is 151 cm³/mol. The van der Waals surface area contributed by atoms with Crippen molar-refractivity contribution in [1.29, 1.82) is 0 Å². The topological polar surface area (TPSA) is 278 Å². The Balaban J connectivity index is 3.12. The molecule has 0 aliphatic heterocycles. The van der Waals surface area contributed by atoms with Gasteiger partial charge in [0.05, 0.1) is 6.04 Å². The van der Waals surface area contributed by atoms with E-state index in [-0.39, 0.29) is 56.3 Å². The summed E-state index contributed by atoms with van der Waals surface area (Å²) in [5.41, 5.74) is 22.4. The van der Waals surface area contributed by atoms with E-state index in [1.165, 1.54) is 24.3 Å². The zero-order valence-corrected chi connectivity index (χ0v) is 23.3. The number of aliphatic carboxylic acids is 1. The van der Waals surface area contributed by atoms with Crippen LogP contribution in [0.1, 0.15) is 51.5 Å². The number of amides is 4. The average molecular weight is 579 g/mol. The first kappa shape index (κ1) is 34.6. The summed E-state index contributed by atoms with van der Waals surface area (Å²) in [7, 11) is 0. The number of carboxylic acids is 1. The van der Waals surface area contributed by atoms with Crippen molar-refractivity contribution in [2.45, 2.75) is 76.5 Å². The van der Waals surface area contributed by atoms with Crippen molar-refractivity contribution in [2.75, 3.05) is 6.54 Å². The molecule has 0 saturated carbocycles. The molecule has 0 heterocycles. The standard InChI is InChI=1S/C26H42N8O7/c1-14(2)12-17(27)22(37)32-19(9-10-21(28)36)24(39)33-18(4-3-11-31-26(29)30)23(38)34-20(25(40)41)13-15-5-7-16(35)8-6-15/h5-8,14,17-20,35H,3-4,9-13,27H2,1-2H3,(H2,28,36)(H,32,37)(H,33,39)(H,34,38)(H,40,41)(H4,29,30,31). The van der Waals surface area contributed by atoms with Crippen LogP contribution >= 0.6 is 0 Å². The summed E-state index contributed by atoms with van der Waals surface area (Å²) in [4.78, 5) is 66.2. The summed E-state index contributed by atoms with van der Waals surface area (Å²) >= 11 is 0. The van der Waals surface area contributed by atoms with Crippen LogP contribution in [0.5, 0.6) is 5.75 Å². The number of carboxylic acid groups (broad SMARTS) is 1. The molecule has 13 N–H and O–H groups in total. The van der Waals surface area contributed by atoms with Crippen LogP contribution in [0.15, 0.2) is 29.3 Å². The third kappa shape index (κ3) is 14.0. The third-order valence-corrected chi connectivity index (χ3v) is 5.94. The van der Waals surface area contributed by atoms with Gasteiger partial charge in [0.15, 0.2) is 5.96 Å². The molecule has 0 fully saturated rings. The Morgan fingerprint density at radius 1 is 0.854 bits per heavy atom. The number of carbonyl (C=O) groups excluding carboxylic acids is 4. The van der Waals surface area contributed by atoms with Crippen molar-refractivity contribution in [3.8, 4) is 5.75 Å². The number of benzene rings is 1. The predicted octanol–water partition coefficient (Wildman–Crippen LogP) is -1.83. The zero-order chi connectivity index (χ0) is 31.1. The molecule has 0 bridgehead atoms. The second kappa shape index (κ2) is 17.3. The lowest BCUT2D eigenvalue weighted by Gasteiger charge is -2.25. The minimum absolute atomic E-state index is 0.00338. The van der Waals surface area contributed by atoms with Gasteiger partial charge in [-0.25, -0.2) is 4.79 Å². The molecule has 4 unspecified atom stereocenters. The van der Waals surface area contributed by atoms with Crippen LogP contribution in [0, 0.1) is 5.92 Å². The molecule has 1 aromatic rings. The van der Waals surface area contributed by atoms with Crippen molar-refractivity contribution >= 4 is 35.6 Å². The number of phenols is 1. The highest BCUT2D eigenvalue weighted by molar-refractivity contribution is 5.94. The number of guanidine groups is 1. The first-order valence-electron chi connectivity index (χ1n) is 13.2. The number of hydrogen-bond donors (Lipinski definition) is 9. The molecular formula is C26H42N8O7. The molecule has 228 valence electrons. The Morgan fingerprint density at radius 2 is 1.39 bits per heavy atom. The van der Waals surface area contributed by atoms with Gasteiger partial charge in [-0.1, -0.05) is 26.0 Å². The van der Waals surface area contributed by atoms with Gasteiger partial charge in [0, 0.05) is 19.4 Å². The summed E-state index contributed by atoms with van der Waals surface area (Å²) < 4.78 is 0. The Bertz CT molecular complexity index is 1070. The number of primary amides is 1. The molecule has 0 aliphatic carbocycles. The van der Waals surface area contributed by atoms with Gasteiger partial charge >= 0.3 is 5.97 Å². The third-order valence-electron chi connectivity index (χ3n) is 5.94. The van der Waals surface area contributed by atoms with Crippen molar-refractivity contribution < 1.29 is 34.2 Å². The van der Waals surface area contributed by atoms with Gasteiger partial charge in [0.1, 0.15) is 23.9 Å². The first-order chi connectivity index (χ1) is 19.2. The number of nitrogens with one attached hydrogen (secondary N) is 3. The highest BCUT2D eigenvalue weighted by Crippen LogP contribution is 2.12. The number of nitrogens with two attached hydrogens (primary N) is 4. The lowest BCUT2D eigenvalue weighted by molar-refractivity contribution is -0.142. The van der Waals surface area contributed by atoms with Gasteiger partial charge in [0.25, 0.3) is 0 Å². The average Bonchev–Trinajstić information content (AvgIpc) is 2.87. The Morgan fingerprint density at radius 3 is 1.90 bits per heavy atom. The molecule has 0 aromatic heterocycles. The number of aromatic hydroxyl groups is 1. The van der Waals surface area contributed by atoms with Crippen LogP contribution in [-0.4, -0.2) is 76.5 Å². The molecule has 4 amide bonds. The van der Waals surface area contributed by atoms with E-state index in [0.717, 1.165) is 0 Å². The van der Waals surface area contributed by atoms with Gasteiger partial charge in [-0.15, -0.1) is 0 Å². The van der Waals surface area contributed by atoms with E-state index in [9.17, 15) is 34.2 Å². The second-order valence-electron chi connectivity index (χ2n) is 10.1. The fourth-order valence-electron chi connectivity index (χ4n) is 3.83. The van der Waals surface area contributed by atoms with Crippen LogP contribution in [0.25, 0.3) is 0 Å². The van der Waals surface area contributed by atoms with Crippen molar-refractivity contribution in [3.63, 3.8) is 0 Å². The number of rotatable bonds is 18.